The molecule has 6 nitrogen and oxygen atoms in total. The number of nitrogens with one attached hydrogen (secondary N) is 2. The van der Waals surface area contributed by atoms with E-state index in [9.17, 15) is 9.59 Å². The molecule has 0 radical (unpaired) electrons. The van der Waals surface area contributed by atoms with Gasteiger partial charge in [0.05, 0.1) is 33.9 Å². The Morgan fingerprint density at radius 2 is 1.14 bits per heavy atom. The maximum absolute atomic E-state index is 12.3. The standard InChI is InChI=1S/C16H10N4O2/c21-15-11-12(14(20-15)10-6-2-4-8-18-10)16(22)19-13(11)9-5-1-3-7-17-9/h1-8H,(H,19,22)(H,20,21). The molecule has 0 saturated heterocycles. The van der Waals surface area contributed by atoms with Crippen LogP contribution >= 0.6 is 0 Å². The summed E-state index contributed by atoms with van der Waals surface area (Å²) < 4.78 is 0. The summed E-state index contributed by atoms with van der Waals surface area (Å²) in [6, 6.07) is 10.6. The van der Waals surface area contributed by atoms with Crippen LogP contribution in [0.25, 0.3) is 11.4 Å². The fourth-order valence-corrected chi connectivity index (χ4v) is 2.59. The highest BCUT2D eigenvalue weighted by Crippen LogP contribution is 2.35. The molecule has 2 aliphatic heterocycles. The molecule has 22 heavy (non-hydrogen) atoms. The molecule has 6 heteroatoms. The van der Waals surface area contributed by atoms with Gasteiger partial charge in [0.15, 0.2) is 0 Å². The second-order valence-electron chi connectivity index (χ2n) is 4.84. The zero-order chi connectivity index (χ0) is 15.1. The Balaban J connectivity index is 1.93. The second-order valence-corrected chi connectivity index (χ2v) is 4.84. The number of aromatic nitrogens is 2. The molecular weight excluding hydrogens is 280 g/mol. The van der Waals surface area contributed by atoms with Gasteiger partial charge in [0, 0.05) is 12.4 Å². The van der Waals surface area contributed by atoms with E-state index in [0.717, 1.165) is 0 Å². The Morgan fingerprint density at radius 1 is 0.682 bits per heavy atom. The maximum atomic E-state index is 12.3. The first-order chi connectivity index (χ1) is 10.8. The third-order valence-corrected chi connectivity index (χ3v) is 3.52. The third-order valence-electron chi connectivity index (χ3n) is 3.52. The van der Waals surface area contributed by atoms with Crippen molar-refractivity contribution in [2.45, 2.75) is 0 Å². The predicted octanol–water partition coefficient (Wildman–Crippen LogP) is 0.859. The topological polar surface area (TPSA) is 84.0 Å². The average Bonchev–Trinajstić information content (AvgIpc) is 3.09. The van der Waals surface area contributed by atoms with E-state index < -0.39 is 0 Å². The van der Waals surface area contributed by atoms with Crippen molar-refractivity contribution in [2.75, 3.05) is 0 Å². The summed E-state index contributed by atoms with van der Waals surface area (Å²) in [7, 11) is 0. The van der Waals surface area contributed by atoms with Crippen LogP contribution in [-0.2, 0) is 9.59 Å². The van der Waals surface area contributed by atoms with Crippen molar-refractivity contribution in [3.63, 3.8) is 0 Å². The smallest absolute Gasteiger partial charge is 0.258 e. The highest BCUT2D eigenvalue weighted by molar-refractivity contribution is 6.30. The van der Waals surface area contributed by atoms with Gasteiger partial charge in [-0.1, -0.05) is 12.1 Å². The van der Waals surface area contributed by atoms with Crippen LogP contribution in [-0.4, -0.2) is 21.8 Å². The number of amides is 2. The molecule has 2 aromatic rings. The number of fused-ring (bicyclic) bond motifs is 1. The molecule has 0 aromatic carbocycles. The van der Waals surface area contributed by atoms with Gasteiger partial charge in [-0.3, -0.25) is 19.6 Å². The molecule has 0 unspecified atom stereocenters. The lowest BCUT2D eigenvalue weighted by atomic mass is 10.1. The lowest BCUT2D eigenvalue weighted by molar-refractivity contribution is -0.117. The minimum atomic E-state index is -0.324. The third kappa shape index (κ3) is 1.74. The van der Waals surface area contributed by atoms with Crippen molar-refractivity contribution in [1.82, 2.24) is 20.6 Å². The lowest BCUT2D eigenvalue weighted by Gasteiger charge is -2.05. The van der Waals surface area contributed by atoms with E-state index in [1.807, 2.05) is 0 Å². The number of rotatable bonds is 2. The number of nitrogens with zero attached hydrogens (tertiary/aromatic N) is 2. The summed E-state index contributed by atoms with van der Waals surface area (Å²) >= 11 is 0. The van der Waals surface area contributed by atoms with Crippen molar-refractivity contribution >= 4 is 23.2 Å². The Hall–Kier alpha value is -3.28. The highest BCUT2D eigenvalue weighted by Gasteiger charge is 2.41. The van der Waals surface area contributed by atoms with Crippen LogP contribution < -0.4 is 10.6 Å². The fraction of sp³-hybridized carbons (Fsp3) is 0. The first-order valence-corrected chi connectivity index (χ1v) is 6.70. The summed E-state index contributed by atoms with van der Waals surface area (Å²) in [5, 5.41) is 5.47. The Labute approximate surface area is 125 Å². The Kier molecular flexibility index (Phi) is 2.62. The van der Waals surface area contributed by atoms with Gasteiger partial charge in [0.2, 0.25) is 0 Å². The highest BCUT2D eigenvalue weighted by atomic mass is 16.2. The van der Waals surface area contributed by atoms with Crippen molar-refractivity contribution in [3.8, 4) is 0 Å². The minimum Gasteiger partial charge on any atom is -0.319 e. The summed E-state index contributed by atoms with van der Waals surface area (Å²) in [4.78, 5) is 33.0. The molecular formula is C16H10N4O2. The van der Waals surface area contributed by atoms with Crippen LogP contribution in [0.5, 0.6) is 0 Å². The van der Waals surface area contributed by atoms with Gasteiger partial charge in [-0.15, -0.1) is 0 Å². The Bertz CT molecular complexity index is 781. The molecule has 0 bridgehead atoms. The van der Waals surface area contributed by atoms with Crippen LogP contribution in [0.2, 0.25) is 0 Å². The van der Waals surface area contributed by atoms with Gasteiger partial charge in [-0.05, 0) is 24.3 Å². The second kappa shape index (κ2) is 4.63. The van der Waals surface area contributed by atoms with Gasteiger partial charge < -0.3 is 10.6 Å². The molecule has 4 rings (SSSR count). The number of hydrogen-bond donors (Lipinski definition) is 2. The first-order valence-electron chi connectivity index (χ1n) is 6.70. The zero-order valence-electron chi connectivity index (χ0n) is 11.3. The van der Waals surface area contributed by atoms with Gasteiger partial charge in [-0.2, -0.15) is 0 Å². The molecule has 2 N–H and O–H groups in total. The van der Waals surface area contributed by atoms with Crippen LogP contribution in [0.3, 0.4) is 0 Å². The average molecular weight is 290 g/mol. The van der Waals surface area contributed by atoms with Gasteiger partial charge in [0.25, 0.3) is 11.8 Å². The minimum absolute atomic E-state index is 0.323. The molecule has 4 heterocycles. The molecule has 2 aliphatic rings. The van der Waals surface area contributed by atoms with Crippen LogP contribution in [0.4, 0.5) is 0 Å². The largest absolute Gasteiger partial charge is 0.319 e. The van der Waals surface area contributed by atoms with E-state index in [1.54, 1.807) is 48.8 Å². The van der Waals surface area contributed by atoms with Crippen molar-refractivity contribution in [1.29, 1.82) is 0 Å². The predicted molar refractivity (Wildman–Crippen MR) is 78.6 cm³/mol. The molecule has 0 spiro atoms. The maximum Gasteiger partial charge on any atom is 0.258 e. The quantitative estimate of drug-likeness (QED) is 0.859. The van der Waals surface area contributed by atoms with E-state index in [0.29, 0.717) is 33.9 Å². The molecule has 0 fully saturated rings. The van der Waals surface area contributed by atoms with Gasteiger partial charge in [0.1, 0.15) is 0 Å². The number of pyridine rings is 2. The normalized spacial score (nSPS) is 16.7. The fourth-order valence-electron chi connectivity index (χ4n) is 2.59. The molecule has 0 aliphatic carbocycles. The monoisotopic (exact) mass is 290 g/mol. The lowest BCUT2D eigenvalue weighted by Crippen LogP contribution is -2.22. The van der Waals surface area contributed by atoms with E-state index in [1.165, 1.54) is 0 Å². The van der Waals surface area contributed by atoms with Crippen molar-refractivity contribution in [3.05, 3.63) is 71.3 Å². The van der Waals surface area contributed by atoms with Crippen LogP contribution in [0.15, 0.2) is 59.9 Å². The zero-order valence-corrected chi connectivity index (χ0v) is 11.3. The van der Waals surface area contributed by atoms with Gasteiger partial charge >= 0.3 is 0 Å². The summed E-state index contributed by atoms with van der Waals surface area (Å²) in [5.41, 5.74) is 2.62. The summed E-state index contributed by atoms with van der Waals surface area (Å²) in [6.07, 6.45) is 3.23. The van der Waals surface area contributed by atoms with Gasteiger partial charge in [-0.25, -0.2) is 0 Å². The molecule has 0 atom stereocenters. The Morgan fingerprint density at radius 3 is 1.50 bits per heavy atom. The van der Waals surface area contributed by atoms with E-state index in [-0.39, 0.29) is 11.8 Å². The first kappa shape index (κ1) is 12.5. The molecule has 2 amide bonds. The van der Waals surface area contributed by atoms with E-state index in [4.69, 9.17) is 0 Å². The van der Waals surface area contributed by atoms with E-state index >= 15 is 0 Å². The van der Waals surface area contributed by atoms with E-state index in [2.05, 4.69) is 20.6 Å². The number of carbonyl (C=O) groups is 2. The summed E-state index contributed by atoms with van der Waals surface area (Å²) in [6.45, 7) is 0. The van der Waals surface area contributed by atoms with Crippen LogP contribution in [0.1, 0.15) is 11.4 Å². The molecule has 2 aromatic heterocycles. The van der Waals surface area contributed by atoms with Crippen molar-refractivity contribution < 1.29 is 9.59 Å². The molecule has 0 saturated carbocycles. The molecule has 106 valence electrons. The number of hydrogen-bond acceptors (Lipinski definition) is 4. The van der Waals surface area contributed by atoms with Crippen LogP contribution in [0, 0.1) is 0 Å². The summed E-state index contributed by atoms with van der Waals surface area (Å²) in [5.74, 6) is -0.649. The number of carbonyl (C=O) groups excluding carboxylic acids is 2. The van der Waals surface area contributed by atoms with Crippen molar-refractivity contribution in [2.24, 2.45) is 0 Å². The SMILES string of the molecule is O=C1NC(c2ccccn2)=C2C(=O)NC(c3ccccn3)=C12.